The standard InChI is InChI=1S/C24H26N4O/c1-18-23(20-13-7-3-8-14-20)24-26-21(19-11-5-2-6-12-19)17-22(28(24)27-18)25-15-9-4-10-16-29/h2-3,5-8,11-14,17,25,29H,4,9-10,15-16H2,1H3. The molecule has 2 N–H and O–H groups in total. The van der Waals surface area contributed by atoms with Gasteiger partial charge in [-0.3, -0.25) is 0 Å². The van der Waals surface area contributed by atoms with Crippen molar-refractivity contribution in [1.82, 2.24) is 14.6 Å². The Balaban J connectivity index is 1.80. The van der Waals surface area contributed by atoms with Crippen LogP contribution in [0, 0.1) is 6.92 Å². The Morgan fingerprint density at radius 3 is 2.28 bits per heavy atom. The molecule has 0 fully saturated rings. The van der Waals surface area contributed by atoms with Crippen LogP contribution in [0.5, 0.6) is 0 Å². The number of aliphatic hydroxyl groups excluding tert-OH is 1. The van der Waals surface area contributed by atoms with Crippen molar-refractivity contribution in [2.75, 3.05) is 18.5 Å². The molecule has 0 bridgehead atoms. The number of fused-ring (bicyclic) bond motifs is 1. The quantitative estimate of drug-likeness (QED) is 0.421. The number of benzene rings is 2. The summed E-state index contributed by atoms with van der Waals surface area (Å²) in [5, 5.41) is 17.3. The van der Waals surface area contributed by atoms with Gasteiger partial charge in [0.1, 0.15) is 5.82 Å². The van der Waals surface area contributed by atoms with Crippen LogP contribution in [0.1, 0.15) is 25.0 Å². The average molecular weight is 386 g/mol. The number of anilines is 1. The second-order valence-corrected chi connectivity index (χ2v) is 7.17. The SMILES string of the molecule is Cc1nn2c(NCCCCCO)cc(-c3ccccc3)nc2c1-c1ccccc1. The molecule has 0 amide bonds. The molecule has 0 unspecified atom stereocenters. The van der Waals surface area contributed by atoms with E-state index in [1.54, 1.807) is 0 Å². The molecule has 4 rings (SSSR count). The first kappa shape index (κ1) is 19.2. The van der Waals surface area contributed by atoms with Gasteiger partial charge in [0.15, 0.2) is 5.65 Å². The van der Waals surface area contributed by atoms with Crippen LogP contribution >= 0.6 is 0 Å². The summed E-state index contributed by atoms with van der Waals surface area (Å²) < 4.78 is 1.91. The van der Waals surface area contributed by atoms with E-state index in [0.717, 1.165) is 65.4 Å². The second-order valence-electron chi connectivity index (χ2n) is 7.17. The van der Waals surface area contributed by atoms with E-state index in [0.29, 0.717) is 0 Å². The Labute approximate surface area is 171 Å². The maximum Gasteiger partial charge on any atom is 0.166 e. The molecule has 5 nitrogen and oxygen atoms in total. The number of rotatable bonds is 8. The van der Waals surface area contributed by atoms with Crippen LogP contribution in [-0.2, 0) is 0 Å². The summed E-state index contributed by atoms with van der Waals surface area (Å²) in [5.74, 6) is 0.933. The third kappa shape index (κ3) is 4.15. The molecule has 0 aliphatic carbocycles. The van der Waals surface area contributed by atoms with Crippen LogP contribution in [0.4, 0.5) is 5.82 Å². The summed E-state index contributed by atoms with van der Waals surface area (Å²) in [4.78, 5) is 4.99. The number of hydrogen-bond donors (Lipinski definition) is 2. The lowest BCUT2D eigenvalue weighted by Gasteiger charge is -2.11. The first-order valence-electron chi connectivity index (χ1n) is 10.1. The third-order valence-electron chi connectivity index (χ3n) is 5.04. The lowest BCUT2D eigenvalue weighted by Crippen LogP contribution is -2.08. The smallest absolute Gasteiger partial charge is 0.166 e. The highest BCUT2D eigenvalue weighted by Gasteiger charge is 2.17. The van der Waals surface area contributed by atoms with Gasteiger partial charge in [0.25, 0.3) is 0 Å². The molecule has 0 aliphatic rings. The number of aromatic nitrogens is 3. The zero-order valence-electron chi connectivity index (χ0n) is 16.7. The Hall–Kier alpha value is -3.18. The molecule has 0 saturated heterocycles. The third-order valence-corrected chi connectivity index (χ3v) is 5.04. The van der Waals surface area contributed by atoms with E-state index >= 15 is 0 Å². The molecule has 2 aromatic carbocycles. The molecule has 2 aromatic heterocycles. The Kier molecular flexibility index (Phi) is 5.86. The maximum absolute atomic E-state index is 8.99. The van der Waals surface area contributed by atoms with E-state index in [4.69, 9.17) is 15.2 Å². The molecule has 0 saturated carbocycles. The molecule has 0 atom stereocenters. The van der Waals surface area contributed by atoms with Gasteiger partial charge in [0.2, 0.25) is 0 Å². The Bertz CT molecular complexity index is 1070. The molecule has 0 radical (unpaired) electrons. The minimum absolute atomic E-state index is 0.246. The molecule has 0 aliphatic heterocycles. The fourth-order valence-electron chi connectivity index (χ4n) is 3.58. The molecule has 0 spiro atoms. The second kappa shape index (κ2) is 8.88. The Morgan fingerprint density at radius 1 is 0.897 bits per heavy atom. The van der Waals surface area contributed by atoms with Crippen molar-refractivity contribution in [2.24, 2.45) is 0 Å². The van der Waals surface area contributed by atoms with E-state index in [1.807, 2.05) is 47.8 Å². The summed E-state index contributed by atoms with van der Waals surface area (Å²) in [6.45, 7) is 3.10. The predicted molar refractivity (Wildman–Crippen MR) is 118 cm³/mol. The van der Waals surface area contributed by atoms with Crippen molar-refractivity contribution in [3.63, 3.8) is 0 Å². The topological polar surface area (TPSA) is 62.5 Å². The molecule has 2 heterocycles. The maximum atomic E-state index is 8.99. The van der Waals surface area contributed by atoms with Gasteiger partial charge in [-0.1, -0.05) is 60.7 Å². The van der Waals surface area contributed by atoms with Crippen molar-refractivity contribution in [1.29, 1.82) is 0 Å². The Morgan fingerprint density at radius 2 is 1.59 bits per heavy atom. The monoisotopic (exact) mass is 386 g/mol. The van der Waals surface area contributed by atoms with Gasteiger partial charge in [0, 0.05) is 30.3 Å². The van der Waals surface area contributed by atoms with E-state index in [-0.39, 0.29) is 6.61 Å². The molecule has 148 valence electrons. The highest BCUT2D eigenvalue weighted by atomic mass is 16.2. The van der Waals surface area contributed by atoms with Gasteiger partial charge in [0.05, 0.1) is 11.4 Å². The summed E-state index contributed by atoms with van der Waals surface area (Å²) in [6.07, 6.45) is 2.83. The highest BCUT2D eigenvalue weighted by Crippen LogP contribution is 2.31. The van der Waals surface area contributed by atoms with Crippen molar-refractivity contribution in [3.8, 4) is 22.4 Å². The largest absolute Gasteiger partial charge is 0.396 e. The van der Waals surface area contributed by atoms with Crippen molar-refractivity contribution in [2.45, 2.75) is 26.2 Å². The van der Waals surface area contributed by atoms with E-state index in [1.165, 1.54) is 0 Å². The molecule has 29 heavy (non-hydrogen) atoms. The molecule has 5 heteroatoms. The number of aryl methyl sites for hydroxylation is 1. The van der Waals surface area contributed by atoms with Gasteiger partial charge in [-0.05, 0) is 31.7 Å². The van der Waals surface area contributed by atoms with Gasteiger partial charge >= 0.3 is 0 Å². The van der Waals surface area contributed by atoms with E-state index in [2.05, 4.69) is 35.6 Å². The van der Waals surface area contributed by atoms with Gasteiger partial charge < -0.3 is 10.4 Å². The zero-order chi connectivity index (χ0) is 20.1. The number of aliphatic hydroxyl groups is 1. The summed E-state index contributed by atoms with van der Waals surface area (Å²) >= 11 is 0. The molecular formula is C24H26N4O. The van der Waals surface area contributed by atoms with Crippen LogP contribution in [0.15, 0.2) is 66.7 Å². The summed E-state index contributed by atoms with van der Waals surface area (Å²) in [7, 11) is 0. The van der Waals surface area contributed by atoms with Gasteiger partial charge in [-0.25, -0.2) is 4.98 Å². The van der Waals surface area contributed by atoms with Crippen LogP contribution in [0.25, 0.3) is 28.0 Å². The van der Waals surface area contributed by atoms with Crippen molar-refractivity contribution in [3.05, 3.63) is 72.4 Å². The number of unbranched alkanes of at least 4 members (excludes halogenated alkanes) is 2. The van der Waals surface area contributed by atoms with Crippen molar-refractivity contribution < 1.29 is 5.11 Å². The summed E-state index contributed by atoms with van der Waals surface area (Å²) in [6, 6.07) is 22.6. The van der Waals surface area contributed by atoms with Crippen LogP contribution in [0.3, 0.4) is 0 Å². The number of nitrogens with one attached hydrogen (secondary N) is 1. The van der Waals surface area contributed by atoms with Crippen LogP contribution in [0.2, 0.25) is 0 Å². The minimum atomic E-state index is 0.246. The molecular weight excluding hydrogens is 360 g/mol. The van der Waals surface area contributed by atoms with E-state index < -0.39 is 0 Å². The lowest BCUT2D eigenvalue weighted by atomic mass is 10.1. The minimum Gasteiger partial charge on any atom is -0.396 e. The predicted octanol–water partition coefficient (Wildman–Crippen LogP) is 4.95. The number of hydrogen-bond acceptors (Lipinski definition) is 4. The first-order chi connectivity index (χ1) is 14.3. The average Bonchev–Trinajstić information content (AvgIpc) is 3.10. The van der Waals surface area contributed by atoms with Crippen LogP contribution < -0.4 is 5.32 Å². The fourth-order valence-corrected chi connectivity index (χ4v) is 3.58. The molecule has 4 aromatic rings. The van der Waals surface area contributed by atoms with Gasteiger partial charge in [-0.2, -0.15) is 9.61 Å². The normalized spacial score (nSPS) is 11.1. The fraction of sp³-hybridized carbons (Fsp3) is 0.250. The lowest BCUT2D eigenvalue weighted by molar-refractivity contribution is 0.283. The van der Waals surface area contributed by atoms with Gasteiger partial charge in [-0.15, -0.1) is 0 Å². The van der Waals surface area contributed by atoms with E-state index in [9.17, 15) is 0 Å². The highest BCUT2D eigenvalue weighted by molar-refractivity contribution is 5.82. The first-order valence-corrected chi connectivity index (χ1v) is 10.1. The zero-order valence-corrected chi connectivity index (χ0v) is 16.7. The number of nitrogens with zero attached hydrogens (tertiary/aromatic N) is 3. The van der Waals surface area contributed by atoms with Crippen LogP contribution in [-0.4, -0.2) is 32.9 Å². The van der Waals surface area contributed by atoms with Crippen molar-refractivity contribution >= 4 is 11.5 Å². The summed E-state index contributed by atoms with van der Waals surface area (Å²) in [5.41, 5.74) is 5.99.